The normalized spacial score (nSPS) is 21.1. The van der Waals surface area contributed by atoms with Gasteiger partial charge in [-0.05, 0) is 48.7 Å². The van der Waals surface area contributed by atoms with Crippen LogP contribution in [0.2, 0.25) is 0 Å². The topological polar surface area (TPSA) is 64.0 Å². The van der Waals surface area contributed by atoms with Gasteiger partial charge in [0.15, 0.2) is 11.5 Å². The molecule has 0 saturated carbocycles. The molecule has 144 valence electrons. The Kier molecular flexibility index (Phi) is 5.10. The maximum absolute atomic E-state index is 13.1. The van der Waals surface area contributed by atoms with Gasteiger partial charge in [-0.15, -0.1) is 0 Å². The number of hydrogen-bond acceptors (Lipinski definition) is 5. The molecule has 2 atom stereocenters. The molecule has 1 aliphatic heterocycles. The molecule has 0 radical (unpaired) electrons. The summed E-state index contributed by atoms with van der Waals surface area (Å²) in [5.41, 5.74) is 2.88. The second kappa shape index (κ2) is 7.84. The van der Waals surface area contributed by atoms with Crippen molar-refractivity contribution < 1.29 is 14.3 Å². The third kappa shape index (κ3) is 3.38. The van der Waals surface area contributed by atoms with E-state index in [4.69, 9.17) is 14.6 Å². The summed E-state index contributed by atoms with van der Waals surface area (Å²) >= 11 is 0. The van der Waals surface area contributed by atoms with Crippen LogP contribution in [0.5, 0.6) is 11.5 Å². The van der Waals surface area contributed by atoms with E-state index in [1.807, 2.05) is 30.3 Å². The van der Waals surface area contributed by atoms with Crippen molar-refractivity contribution in [3.05, 3.63) is 66.0 Å². The molecule has 0 spiro atoms. The summed E-state index contributed by atoms with van der Waals surface area (Å²) in [6.45, 7) is 0.436. The lowest BCUT2D eigenvalue weighted by atomic mass is 9.76. The third-order valence-electron chi connectivity index (χ3n) is 5.34. The van der Waals surface area contributed by atoms with E-state index in [2.05, 4.69) is 17.1 Å². The van der Waals surface area contributed by atoms with E-state index in [9.17, 15) is 4.79 Å². The molecule has 1 amide bonds. The number of carbonyl (C=O) groups excluding carboxylic acids is 1. The first kappa shape index (κ1) is 18.2. The SMILES string of the molecule is COc1ccc(C2=NN(Cc3ccncc3)C(=O)C3CC=CCC23)cc1OC. The number of allylic oxidation sites excluding steroid dienone is 2. The number of ether oxygens (including phenoxy) is 2. The average Bonchev–Trinajstić information content (AvgIpc) is 2.76. The molecule has 1 aromatic heterocycles. The fourth-order valence-corrected chi connectivity index (χ4v) is 3.88. The van der Waals surface area contributed by atoms with Gasteiger partial charge in [-0.1, -0.05) is 12.2 Å². The van der Waals surface area contributed by atoms with Crippen LogP contribution in [0.15, 0.2) is 60.0 Å². The zero-order valence-electron chi connectivity index (χ0n) is 16.0. The van der Waals surface area contributed by atoms with Gasteiger partial charge in [-0.2, -0.15) is 5.10 Å². The van der Waals surface area contributed by atoms with Crippen molar-refractivity contribution in [3.63, 3.8) is 0 Å². The Morgan fingerprint density at radius 2 is 1.71 bits per heavy atom. The van der Waals surface area contributed by atoms with Crippen LogP contribution >= 0.6 is 0 Å². The summed E-state index contributed by atoms with van der Waals surface area (Å²) in [6.07, 6.45) is 9.25. The number of pyridine rings is 1. The number of benzene rings is 1. The molecular formula is C22H23N3O3. The first-order chi connectivity index (χ1) is 13.7. The molecule has 6 nitrogen and oxygen atoms in total. The second-order valence-corrected chi connectivity index (χ2v) is 6.96. The molecule has 2 unspecified atom stereocenters. The van der Waals surface area contributed by atoms with Crippen LogP contribution in [0.3, 0.4) is 0 Å². The van der Waals surface area contributed by atoms with Gasteiger partial charge in [0.25, 0.3) is 0 Å². The highest BCUT2D eigenvalue weighted by atomic mass is 16.5. The van der Waals surface area contributed by atoms with Crippen molar-refractivity contribution in [1.29, 1.82) is 0 Å². The first-order valence-electron chi connectivity index (χ1n) is 9.37. The molecule has 1 aliphatic carbocycles. The summed E-state index contributed by atoms with van der Waals surface area (Å²) in [6, 6.07) is 9.62. The van der Waals surface area contributed by atoms with Crippen molar-refractivity contribution in [3.8, 4) is 11.5 Å². The fourth-order valence-electron chi connectivity index (χ4n) is 3.88. The number of fused-ring (bicyclic) bond motifs is 1. The monoisotopic (exact) mass is 377 g/mol. The Morgan fingerprint density at radius 3 is 2.43 bits per heavy atom. The lowest BCUT2D eigenvalue weighted by Crippen LogP contribution is -2.45. The van der Waals surface area contributed by atoms with Gasteiger partial charge in [0.05, 0.1) is 32.4 Å². The van der Waals surface area contributed by atoms with E-state index in [-0.39, 0.29) is 17.7 Å². The van der Waals surface area contributed by atoms with Crippen molar-refractivity contribution in [2.75, 3.05) is 14.2 Å². The predicted molar refractivity (Wildman–Crippen MR) is 106 cm³/mol. The Bertz CT molecular complexity index is 924. The number of amides is 1. The van der Waals surface area contributed by atoms with Gasteiger partial charge in [-0.3, -0.25) is 9.78 Å². The molecule has 0 N–H and O–H groups in total. The number of hydrogen-bond donors (Lipinski definition) is 0. The van der Waals surface area contributed by atoms with Crippen molar-refractivity contribution in [2.45, 2.75) is 19.4 Å². The largest absolute Gasteiger partial charge is 0.493 e. The molecular weight excluding hydrogens is 354 g/mol. The van der Waals surface area contributed by atoms with Crippen LogP contribution in [0.1, 0.15) is 24.0 Å². The van der Waals surface area contributed by atoms with Crippen LogP contribution in [0.25, 0.3) is 0 Å². The average molecular weight is 377 g/mol. The Balaban J connectivity index is 1.74. The summed E-state index contributed by atoms with van der Waals surface area (Å²) < 4.78 is 10.8. The lowest BCUT2D eigenvalue weighted by Gasteiger charge is -2.37. The smallest absolute Gasteiger partial charge is 0.247 e. The number of hydrazone groups is 1. The minimum atomic E-state index is -0.0903. The molecule has 2 aromatic rings. The number of aromatic nitrogens is 1. The third-order valence-corrected chi connectivity index (χ3v) is 5.34. The van der Waals surface area contributed by atoms with E-state index < -0.39 is 0 Å². The van der Waals surface area contributed by atoms with Crippen LogP contribution in [-0.2, 0) is 11.3 Å². The van der Waals surface area contributed by atoms with E-state index in [0.717, 1.165) is 29.7 Å². The zero-order chi connectivity index (χ0) is 19.5. The molecule has 2 aliphatic rings. The summed E-state index contributed by atoms with van der Waals surface area (Å²) in [5, 5.41) is 6.39. The molecule has 0 fully saturated rings. The van der Waals surface area contributed by atoms with Gasteiger partial charge in [0.1, 0.15) is 0 Å². The molecule has 1 aromatic carbocycles. The summed E-state index contributed by atoms with van der Waals surface area (Å²) in [4.78, 5) is 17.1. The van der Waals surface area contributed by atoms with Gasteiger partial charge >= 0.3 is 0 Å². The lowest BCUT2D eigenvalue weighted by molar-refractivity contribution is -0.138. The van der Waals surface area contributed by atoms with Crippen molar-refractivity contribution in [1.82, 2.24) is 9.99 Å². The van der Waals surface area contributed by atoms with E-state index in [1.165, 1.54) is 0 Å². The van der Waals surface area contributed by atoms with Crippen LogP contribution in [0, 0.1) is 11.8 Å². The number of carbonyl (C=O) groups is 1. The van der Waals surface area contributed by atoms with Crippen molar-refractivity contribution in [2.24, 2.45) is 16.9 Å². The molecule has 6 heteroatoms. The van der Waals surface area contributed by atoms with Crippen LogP contribution in [0.4, 0.5) is 0 Å². The highest BCUT2D eigenvalue weighted by Crippen LogP contribution is 2.37. The highest BCUT2D eigenvalue weighted by Gasteiger charge is 2.40. The maximum Gasteiger partial charge on any atom is 0.247 e. The Labute approximate surface area is 164 Å². The number of rotatable bonds is 5. The zero-order valence-corrected chi connectivity index (χ0v) is 16.0. The fraction of sp³-hybridized carbons (Fsp3) is 0.318. The Hall–Kier alpha value is -3.15. The van der Waals surface area contributed by atoms with Gasteiger partial charge in [0.2, 0.25) is 5.91 Å². The van der Waals surface area contributed by atoms with Crippen LogP contribution in [-0.4, -0.2) is 35.8 Å². The number of nitrogens with zero attached hydrogens (tertiary/aromatic N) is 3. The van der Waals surface area contributed by atoms with E-state index >= 15 is 0 Å². The minimum Gasteiger partial charge on any atom is -0.493 e. The van der Waals surface area contributed by atoms with Gasteiger partial charge in [0, 0.05) is 23.9 Å². The van der Waals surface area contributed by atoms with Crippen LogP contribution < -0.4 is 9.47 Å². The van der Waals surface area contributed by atoms with Crippen molar-refractivity contribution >= 4 is 11.6 Å². The molecule has 2 heterocycles. The maximum atomic E-state index is 13.1. The molecule has 28 heavy (non-hydrogen) atoms. The molecule has 0 bridgehead atoms. The Morgan fingerprint density at radius 1 is 1.00 bits per heavy atom. The minimum absolute atomic E-state index is 0.0734. The first-order valence-corrected chi connectivity index (χ1v) is 9.37. The van der Waals surface area contributed by atoms with Gasteiger partial charge in [-0.25, -0.2) is 5.01 Å². The molecule has 4 rings (SSSR count). The van der Waals surface area contributed by atoms with E-state index in [1.54, 1.807) is 31.6 Å². The quantitative estimate of drug-likeness (QED) is 0.749. The summed E-state index contributed by atoms with van der Waals surface area (Å²) in [7, 11) is 3.24. The second-order valence-electron chi connectivity index (χ2n) is 6.96. The van der Waals surface area contributed by atoms with E-state index in [0.29, 0.717) is 18.0 Å². The number of methoxy groups -OCH3 is 2. The molecule has 0 saturated heterocycles. The predicted octanol–water partition coefficient (Wildman–Crippen LogP) is 3.43. The standard InChI is InChI=1S/C22H23N3O3/c1-27-19-8-7-16(13-20(19)28-2)21-17-5-3-4-6-18(17)22(26)25(24-21)14-15-9-11-23-12-10-15/h3-4,7-13,17-18H,5-6,14H2,1-2H3. The highest BCUT2D eigenvalue weighted by molar-refractivity contribution is 6.07. The van der Waals surface area contributed by atoms with Gasteiger partial charge < -0.3 is 9.47 Å². The summed E-state index contributed by atoms with van der Waals surface area (Å²) in [5.74, 6) is 1.39.